The maximum Gasteiger partial charge on any atom is 0.0311 e. The zero-order valence-corrected chi connectivity index (χ0v) is 17.1. The molecule has 2 heteroatoms. The van der Waals surface area contributed by atoms with Crippen LogP contribution in [0.5, 0.6) is 0 Å². The van der Waals surface area contributed by atoms with E-state index in [4.69, 9.17) is 0 Å². The van der Waals surface area contributed by atoms with Gasteiger partial charge < -0.3 is 0 Å². The molecule has 0 aromatic heterocycles. The van der Waals surface area contributed by atoms with E-state index in [1.165, 1.54) is 44.1 Å². The lowest BCUT2D eigenvalue weighted by Crippen LogP contribution is -2.35. The highest BCUT2D eigenvalue weighted by molar-refractivity contribution is 5.34. The summed E-state index contributed by atoms with van der Waals surface area (Å²) in [5.41, 5.74) is 6.80. The fourth-order valence-electron chi connectivity index (χ4n) is 3.57. The van der Waals surface area contributed by atoms with E-state index in [2.05, 4.69) is 67.3 Å². The van der Waals surface area contributed by atoms with E-state index < -0.39 is 0 Å². The maximum atomic E-state index is 3.79. The summed E-state index contributed by atoms with van der Waals surface area (Å²) in [5, 5.41) is 2.23. The lowest BCUT2D eigenvalue weighted by molar-refractivity contribution is 0.236. The smallest absolute Gasteiger partial charge is 0.0311 e. The number of benzene rings is 1. The maximum absolute atomic E-state index is 3.79. The van der Waals surface area contributed by atoms with E-state index >= 15 is 0 Å². The molecule has 0 atom stereocenters. The first-order valence-corrected chi connectivity index (χ1v) is 10.4. The summed E-state index contributed by atoms with van der Waals surface area (Å²) in [6.45, 7) is 10.4. The first kappa shape index (κ1) is 20.9. The van der Waals surface area contributed by atoms with Gasteiger partial charge in [-0.15, -0.1) is 6.58 Å². The molecule has 0 aliphatic heterocycles. The summed E-state index contributed by atoms with van der Waals surface area (Å²) >= 11 is 0. The summed E-state index contributed by atoms with van der Waals surface area (Å²) in [5.74, 6) is 0.780. The van der Waals surface area contributed by atoms with Crippen LogP contribution in [-0.4, -0.2) is 25.1 Å². The summed E-state index contributed by atoms with van der Waals surface area (Å²) in [7, 11) is 1.99. The van der Waals surface area contributed by atoms with Crippen molar-refractivity contribution in [2.24, 2.45) is 5.92 Å². The van der Waals surface area contributed by atoms with Crippen LogP contribution in [0.15, 0.2) is 49.1 Å². The predicted molar refractivity (Wildman–Crippen MR) is 114 cm³/mol. The highest BCUT2D eigenvalue weighted by atomic mass is 15.5. The van der Waals surface area contributed by atoms with Gasteiger partial charge in [-0.05, 0) is 74.5 Å². The van der Waals surface area contributed by atoms with E-state index in [0.29, 0.717) is 5.41 Å². The van der Waals surface area contributed by atoms with Crippen LogP contribution >= 0.6 is 0 Å². The Labute approximate surface area is 161 Å². The second-order valence-electron chi connectivity index (χ2n) is 8.17. The number of hydrazine groups is 1. The molecule has 0 amide bonds. The van der Waals surface area contributed by atoms with Crippen LogP contribution < -0.4 is 5.43 Å². The number of allylic oxidation sites excluding steroid dienone is 1. The van der Waals surface area contributed by atoms with Crippen LogP contribution in [0.4, 0.5) is 0 Å². The molecule has 2 rings (SSSR count). The number of hydrogen-bond donors (Lipinski definition) is 1. The van der Waals surface area contributed by atoms with Crippen LogP contribution in [0.3, 0.4) is 0 Å². The molecule has 2 nitrogen and oxygen atoms in total. The van der Waals surface area contributed by atoms with Gasteiger partial charge in [0.05, 0.1) is 0 Å². The molecule has 1 aromatic rings. The lowest BCUT2D eigenvalue weighted by Gasteiger charge is -2.18. The fourth-order valence-corrected chi connectivity index (χ4v) is 3.57. The van der Waals surface area contributed by atoms with E-state index in [1.807, 2.05) is 13.1 Å². The minimum absolute atomic E-state index is 0.462. The lowest BCUT2D eigenvalue weighted by atomic mass is 9.89. The Morgan fingerprint density at radius 3 is 2.69 bits per heavy atom. The minimum Gasteiger partial charge on any atom is -0.258 e. The fraction of sp³-hybridized carbons (Fsp3) is 0.583. The third-order valence-corrected chi connectivity index (χ3v) is 5.60. The Bertz CT molecular complexity index is 569. The molecule has 144 valence electrons. The summed E-state index contributed by atoms with van der Waals surface area (Å²) < 4.78 is 0. The number of rotatable bonds is 13. The topological polar surface area (TPSA) is 15.3 Å². The standard InChI is InChI=1S/C24H38N2/c1-5-6-18-26(25-4)19-9-7-8-15-24(16-17-24)23-12-10-11-22(20-23)14-13-21(2)3/h5,7,9-12,20-21,25H,1,6,8,13-19H2,2-4H3/b9-7+. The highest BCUT2D eigenvalue weighted by Crippen LogP contribution is 2.52. The van der Waals surface area contributed by atoms with Gasteiger partial charge in [0.25, 0.3) is 0 Å². The summed E-state index contributed by atoms with van der Waals surface area (Å²) in [4.78, 5) is 0. The van der Waals surface area contributed by atoms with Crippen LogP contribution in [0.25, 0.3) is 0 Å². The van der Waals surface area contributed by atoms with Crippen LogP contribution in [0.2, 0.25) is 0 Å². The first-order chi connectivity index (χ1) is 12.6. The van der Waals surface area contributed by atoms with Crippen molar-refractivity contribution < 1.29 is 0 Å². The molecule has 1 N–H and O–H groups in total. The highest BCUT2D eigenvalue weighted by Gasteiger charge is 2.43. The molecule has 1 saturated carbocycles. The van der Waals surface area contributed by atoms with Crippen LogP contribution in [0, 0.1) is 5.92 Å². The van der Waals surface area contributed by atoms with Gasteiger partial charge in [-0.2, -0.15) is 0 Å². The van der Waals surface area contributed by atoms with Gasteiger partial charge in [-0.25, -0.2) is 5.01 Å². The molecule has 0 unspecified atom stereocenters. The molecule has 0 radical (unpaired) electrons. The van der Waals surface area contributed by atoms with Gasteiger partial charge in [0.2, 0.25) is 0 Å². The summed E-state index contributed by atoms with van der Waals surface area (Å²) in [6, 6.07) is 9.41. The molecule has 0 spiro atoms. The average Bonchev–Trinajstić information content (AvgIpc) is 3.43. The van der Waals surface area contributed by atoms with Crippen molar-refractivity contribution >= 4 is 0 Å². The normalized spacial score (nSPS) is 15.9. The monoisotopic (exact) mass is 354 g/mol. The van der Waals surface area contributed by atoms with Crippen LogP contribution in [0.1, 0.15) is 63.5 Å². The van der Waals surface area contributed by atoms with Crippen LogP contribution in [-0.2, 0) is 11.8 Å². The minimum atomic E-state index is 0.462. The first-order valence-electron chi connectivity index (χ1n) is 10.4. The van der Waals surface area contributed by atoms with E-state index in [9.17, 15) is 0 Å². The average molecular weight is 355 g/mol. The second-order valence-corrected chi connectivity index (χ2v) is 8.17. The van der Waals surface area contributed by atoms with Gasteiger partial charge in [0.1, 0.15) is 0 Å². The quantitative estimate of drug-likeness (QED) is 0.363. The van der Waals surface area contributed by atoms with E-state index in [1.54, 1.807) is 5.56 Å². The molecule has 26 heavy (non-hydrogen) atoms. The van der Waals surface area contributed by atoms with Gasteiger partial charge in [-0.3, -0.25) is 5.43 Å². The van der Waals surface area contributed by atoms with Crippen molar-refractivity contribution in [1.29, 1.82) is 0 Å². The van der Waals surface area contributed by atoms with E-state index in [0.717, 1.165) is 25.4 Å². The third-order valence-electron chi connectivity index (χ3n) is 5.60. The Morgan fingerprint density at radius 2 is 2.04 bits per heavy atom. The van der Waals surface area contributed by atoms with Gasteiger partial charge in [0.15, 0.2) is 0 Å². The Morgan fingerprint density at radius 1 is 1.23 bits per heavy atom. The summed E-state index contributed by atoms with van der Waals surface area (Å²) in [6.07, 6.45) is 15.3. The molecule has 1 fully saturated rings. The molecule has 1 aliphatic rings. The number of aryl methyl sites for hydroxylation is 1. The van der Waals surface area contributed by atoms with Crippen molar-refractivity contribution in [1.82, 2.24) is 10.4 Å². The third kappa shape index (κ3) is 6.74. The molecule has 0 heterocycles. The van der Waals surface area contributed by atoms with E-state index in [-0.39, 0.29) is 0 Å². The zero-order chi connectivity index (χ0) is 18.8. The molecule has 1 aliphatic carbocycles. The van der Waals surface area contributed by atoms with Crippen molar-refractivity contribution in [3.8, 4) is 0 Å². The zero-order valence-electron chi connectivity index (χ0n) is 17.1. The van der Waals surface area contributed by atoms with Gasteiger partial charge >= 0.3 is 0 Å². The Kier molecular flexibility index (Phi) is 8.61. The Hall–Kier alpha value is -1.38. The van der Waals surface area contributed by atoms with Crippen molar-refractivity contribution in [2.75, 3.05) is 20.1 Å². The van der Waals surface area contributed by atoms with Crippen molar-refractivity contribution in [3.05, 3.63) is 60.2 Å². The van der Waals surface area contributed by atoms with Crippen molar-refractivity contribution in [2.45, 2.75) is 64.2 Å². The predicted octanol–water partition coefficient (Wildman–Crippen LogP) is 5.66. The molecular weight excluding hydrogens is 316 g/mol. The largest absolute Gasteiger partial charge is 0.258 e. The van der Waals surface area contributed by atoms with Gasteiger partial charge in [0, 0.05) is 13.1 Å². The van der Waals surface area contributed by atoms with Crippen molar-refractivity contribution in [3.63, 3.8) is 0 Å². The molecular formula is C24H38N2. The SMILES string of the molecule is C=CCCN(C/C=C/CCC1(c2cccc(CCC(C)C)c2)CC1)NC. The number of nitrogens with one attached hydrogen (secondary N) is 1. The second kappa shape index (κ2) is 10.7. The molecule has 0 saturated heterocycles. The number of hydrogen-bond acceptors (Lipinski definition) is 2. The number of nitrogens with zero attached hydrogens (tertiary/aromatic N) is 1. The molecule has 0 bridgehead atoms. The Balaban J connectivity index is 1.81. The molecule has 1 aromatic carbocycles. The van der Waals surface area contributed by atoms with Gasteiger partial charge in [-0.1, -0.05) is 56.3 Å².